The van der Waals surface area contributed by atoms with Gasteiger partial charge in [-0.1, -0.05) is 30.3 Å². The lowest BCUT2D eigenvalue weighted by Gasteiger charge is -2.13. The number of nitrogens with two attached hydrogens (primary N) is 2. The van der Waals surface area contributed by atoms with E-state index in [0.717, 1.165) is 0 Å². The molecule has 0 spiro atoms. The Kier molecular flexibility index (Phi) is 4.62. The average Bonchev–Trinajstić information content (AvgIpc) is 2.35. The topological polar surface area (TPSA) is 118 Å². The molecule has 92 valence electrons. The number of rotatable bonds is 5. The third kappa shape index (κ3) is 3.86. The molecule has 1 rings (SSSR count). The number of hydrogen-bond donors (Lipinski definition) is 4. The quantitative estimate of drug-likeness (QED) is 0.506. The van der Waals surface area contributed by atoms with Crippen LogP contribution >= 0.6 is 0 Å². The molecule has 0 aromatic heterocycles. The summed E-state index contributed by atoms with van der Waals surface area (Å²) in [6, 6.07) is 7.94. The molecule has 1 aromatic carbocycles. The molecule has 0 bridgehead atoms. The molecular formula is C11H15N3O3. The monoisotopic (exact) mass is 237 g/mol. The van der Waals surface area contributed by atoms with E-state index in [0.29, 0.717) is 5.56 Å². The fourth-order valence-corrected chi connectivity index (χ4v) is 1.22. The summed E-state index contributed by atoms with van der Waals surface area (Å²) >= 11 is 0. The zero-order valence-corrected chi connectivity index (χ0v) is 9.17. The van der Waals surface area contributed by atoms with Crippen LogP contribution in [0.1, 0.15) is 11.6 Å². The van der Waals surface area contributed by atoms with Crippen molar-refractivity contribution in [1.29, 1.82) is 0 Å². The Morgan fingerprint density at radius 1 is 1.29 bits per heavy atom. The van der Waals surface area contributed by atoms with E-state index >= 15 is 0 Å². The molecule has 6 N–H and O–H groups in total. The second-order valence-corrected chi connectivity index (χ2v) is 3.55. The molecule has 2 atom stereocenters. The highest BCUT2D eigenvalue weighted by Gasteiger charge is 2.17. The maximum absolute atomic E-state index is 11.6. The Balaban J connectivity index is 2.51. The number of nitrogens with one attached hydrogen (secondary N) is 1. The van der Waals surface area contributed by atoms with Gasteiger partial charge in [-0.2, -0.15) is 0 Å². The third-order valence-electron chi connectivity index (χ3n) is 2.24. The van der Waals surface area contributed by atoms with Crippen LogP contribution in [0.15, 0.2) is 30.3 Å². The van der Waals surface area contributed by atoms with Crippen LogP contribution in [0.5, 0.6) is 0 Å². The lowest BCUT2D eigenvalue weighted by Crippen LogP contribution is -2.43. The smallest absolute Gasteiger partial charge is 0.248 e. The minimum absolute atomic E-state index is 0.241. The Bertz CT molecular complexity index is 394. The number of hydrogen-bond acceptors (Lipinski definition) is 4. The molecule has 0 heterocycles. The second kappa shape index (κ2) is 5.97. The molecule has 0 radical (unpaired) electrons. The van der Waals surface area contributed by atoms with Crippen molar-refractivity contribution < 1.29 is 14.7 Å². The van der Waals surface area contributed by atoms with Crippen molar-refractivity contribution >= 4 is 11.8 Å². The standard InChI is InChI=1S/C11H15N3O3/c12-9(7-4-2-1-3-5-7)11(17)14-6-8(15)10(13)16/h1-5,8-9,15H,6,12H2,(H2,13,16)(H,14,17). The molecule has 0 saturated carbocycles. The molecule has 0 aliphatic heterocycles. The molecule has 6 heteroatoms. The Morgan fingerprint density at radius 2 is 1.88 bits per heavy atom. The van der Waals surface area contributed by atoms with E-state index in [1.807, 2.05) is 6.07 Å². The zero-order valence-electron chi connectivity index (χ0n) is 9.17. The first-order chi connectivity index (χ1) is 8.02. The van der Waals surface area contributed by atoms with Gasteiger partial charge in [0.25, 0.3) is 0 Å². The molecule has 0 aliphatic rings. The van der Waals surface area contributed by atoms with Crippen LogP contribution in [0.2, 0.25) is 0 Å². The van der Waals surface area contributed by atoms with E-state index in [1.165, 1.54) is 0 Å². The first-order valence-corrected chi connectivity index (χ1v) is 5.08. The number of primary amides is 1. The van der Waals surface area contributed by atoms with Crippen LogP contribution in [0.3, 0.4) is 0 Å². The average molecular weight is 237 g/mol. The molecule has 0 saturated heterocycles. The molecule has 6 nitrogen and oxygen atoms in total. The zero-order chi connectivity index (χ0) is 12.8. The largest absolute Gasteiger partial charge is 0.381 e. The van der Waals surface area contributed by atoms with Gasteiger partial charge in [0.15, 0.2) is 0 Å². The van der Waals surface area contributed by atoms with Gasteiger partial charge in [0.1, 0.15) is 12.1 Å². The summed E-state index contributed by atoms with van der Waals surface area (Å²) in [6.45, 7) is -0.241. The molecule has 2 unspecified atom stereocenters. The second-order valence-electron chi connectivity index (χ2n) is 3.55. The molecule has 17 heavy (non-hydrogen) atoms. The molecule has 1 aromatic rings. The van der Waals surface area contributed by atoms with Crippen molar-refractivity contribution in [2.45, 2.75) is 12.1 Å². The summed E-state index contributed by atoms with van der Waals surface area (Å²) in [5, 5.41) is 11.4. The SMILES string of the molecule is NC(=O)C(O)CNC(=O)C(N)c1ccccc1. The predicted molar refractivity (Wildman–Crippen MR) is 61.6 cm³/mol. The summed E-state index contributed by atoms with van der Waals surface area (Å²) in [4.78, 5) is 22.1. The number of aliphatic hydroxyl groups is 1. The molecule has 2 amide bonds. The Hall–Kier alpha value is -1.92. The van der Waals surface area contributed by atoms with E-state index in [9.17, 15) is 9.59 Å². The van der Waals surface area contributed by atoms with Crippen LogP contribution in [0.4, 0.5) is 0 Å². The van der Waals surface area contributed by atoms with Gasteiger partial charge in [0, 0.05) is 0 Å². The van der Waals surface area contributed by atoms with Crippen molar-refractivity contribution in [3.63, 3.8) is 0 Å². The van der Waals surface area contributed by atoms with E-state index in [-0.39, 0.29) is 6.54 Å². The van der Waals surface area contributed by atoms with Crippen LogP contribution in [-0.2, 0) is 9.59 Å². The van der Waals surface area contributed by atoms with Gasteiger partial charge in [0.2, 0.25) is 11.8 Å². The van der Waals surface area contributed by atoms with E-state index in [4.69, 9.17) is 16.6 Å². The van der Waals surface area contributed by atoms with E-state index in [2.05, 4.69) is 5.32 Å². The van der Waals surface area contributed by atoms with Gasteiger partial charge in [-0.3, -0.25) is 9.59 Å². The summed E-state index contributed by atoms with van der Waals surface area (Å²) in [7, 11) is 0. The summed E-state index contributed by atoms with van der Waals surface area (Å²) in [5.41, 5.74) is 11.2. The fourth-order valence-electron chi connectivity index (χ4n) is 1.22. The van der Waals surface area contributed by atoms with E-state index in [1.54, 1.807) is 24.3 Å². The fraction of sp³-hybridized carbons (Fsp3) is 0.273. The van der Waals surface area contributed by atoms with E-state index < -0.39 is 24.0 Å². The first kappa shape index (κ1) is 13.1. The third-order valence-corrected chi connectivity index (χ3v) is 2.24. The number of aliphatic hydroxyl groups excluding tert-OH is 1. The summed E-state index contributed by atoms with van der Waals surface area (Å²) in [6.07, 6.45) is -1.40. The van der Waals surface area contributed by atoms with Crippen molar-refractivity contribution in [1.82, 2.24) is 5.32 Å². The van der Waals surface area contributed by atoms with Crippen LogP contribution in [0, 0.1) is 0 Å². The van der Waals surface area contributed by atoms with Gasteiger partial charge < -0.3 is 21.9 Å². The van der Waals surface area contributed by atoms with Gasteiger partial charge in [0.05, 0.1) is 6.54 Å². The van der Waals surface area contributed by atoms with Crippen LogP contribution < -0.4 is 16.8 Å². The lowest BCUT2D eigenvalue weighted by molar-refractivity contribution is -0.127. The van der Waals surface area contributed by atoms with Gasteiger partial charge in [-0.25, -0.2) is 0 Å². The summed E-state index contributed by atoms with van der Waals surface area (Å²) < 4.78 is 0. The van der Waals surface area contributed by atoms with Crippen molar-refractivity contribution in [3.05, 3.63) is 35.9 Å². The first-order valence-electron chi connectivity index (χ1n) is 5.08. The highest BCUT2D eigenvalue weighted by Crippen LogP contribution is 2.08. The van der Waals surface area contributed by atoms with Gasteiger partial charge >= 0.3 is 0 Å². The Labute approximate surface area is 98.6 Å². The molecule has 0 fully saturated rings. The van der Waals surface area contributed by atoms with Crippen molar-refractivity contribution in [2.75, 3.05) is 6.54 Å². The van der Waals surface area contributed by atoms with Crippen LogP contribution in [-0.4, -0.2) is 29.6 Å². The number of benzene rings is 1. The van der Waals surface area contributed by atoms with Crippen LogP contribution in [0.25, 0.3) is 0 Å². The normalized spacial score (nSPS) is 13.8. The lowest BCUT2D eigenvalue weighted by atomic mass is 10.1. The number of amides is 2. The number of carbonyl (C=O) groups is 2. The maximum Gasteiger partial charge on any atom is 0.248 e. The molecule has 0 aliphatic carbocycles. The minimum atomic E-state index is -1.40. The predicted octanol–water partition coefficient (Wildman–Crippen LogP) is -1.35. The highest BCUT2D eigenvalue weighted by molar-refractivity contribution is 5.84. The highest BCUT2D eigenvalue weighted by atomic mass is 16.3. The maximum atomic E-state index is 11.6. The number of carbonyl (C=O) groups excluding carboxylic acids is 2. The summed E-state index contributed by atoms with van der Waals surface area (Å²) in [5.74, 6) is -1.37. The van der Waals surface area contributed by atoms with Crippen molar-refractivity contribution in [3.8, 4) is 0 Å². The Morgan fingerprint density at radius 3 is 2.41 bits per heavy atom. The van der Waals surface area contributed by atoms with Gasteiger partial charge in [-0.15, -0.1) is 0 Å². The molecular weight excluding hydrogens is 222 g/mol. The van der Waals surface area contributed by atoms with Gasteiger partial charge in [-0.05, 0) is 5.56 Å². The minimum Gasteiger partial charge on any atom is -0.381 e. The van der Waals surface area contributed by atoms with Crippen molar-refractivity contribution in [2.24, 2.45) is 11.5 Å².